The van der Waals surface area contributed by atoms with Crippen LogP contribution < -0.4 is 0 Å². The molecule has 0 aliphatic carbocycles. The third kappa shape index (κ3) is 3.71. The maximum absolute atomic E-state index is 12.5. The molecular weight excluding hydrogens is 371 g/mol. The second-order valence-electron chi connectivity index (χ2n) is 7.06. The Labute approximate surface area is 157 Å². The van der Waals surface area contributed by atoms with Gasteiger partial charge in [-0.3, -0.25) is 4.57 Å². The van der Waals surface area contributed by atoms with Crippen molar-refractivity contribution in [3.63, 3.8) is 0 Å². The minimum atomic E-state index is -3.48. The summed E-state index contributed by atoms with van der Waals surface area (Å²) in [6, 6.07) is 11.0. The summed E-state index contributed by atoms with van der Waals surface area (Å²) in [6.45, 7) is 3.21. The molecule has 1 aromatic heterocycles. The lowest BCUT2D eigenvalue weighted by molar-refractivity contribution is -0.00272. The second-order valence-corrected chi connectivity index (χ2v) is 9.20. The molecule has 0 saturated carbocycles. The van der Waals surface area contributed by atoms with E-state index in [0.717, 1.165) is 11.6 Å². The molecule has 0 bridgehead atoms. The third-order valence-corrected chi connectivity index (χ3v) is 5.65. The maximum Gasteiger partial charge on any atom is 0.717 e. The summed E-state index contributed by atoms with van der Waals surface area (Å²) in [4.78, 5) is 12.5. The smallest absolute Gasteiger partial charge is 0.467 e. The van der Waals surface area contributed by atoms with Crippen molar-refractivity contribution >= 4 is 34.2 Å². The van der Waals surface area contributed by atoms with Crippen molar-refractivity contribution < 1.29 is 27.2 Å². The fourth-order valence-corrected chi connectivity index (χ4v) is 4.56. The fraction of sp³-hybridized carbons (Fsp3) is 0.412. The van der Waals surface area contributed by atoms with Gasteiger partial charge in [-0.05, 0) is 26.0 Å². The quantitative estimate of drug-likeness (QED) is 0.736. The molecular formula is C17H19BN2O6S. The number of hydrogen-bond acceptors (Lipinski definition) is 7. The molecule has 27 heavy (non-hydrogen) atoms. The van der Waals surface area contributed by atoms with Crippen molar-refractivity contribution in [3.8, 4) is 6.07 Å². The van der Waals surface area contributed by atoms with E-state index in [0.29, 0.717) is 5.52 Å². The number of carbonyl (C=O) groups is 1. The molecule has 0 spiro atoms. The zero-order valence-electron chi connectivity index (χ0n) is 15.2. The van der Waals surface area contributed by atoms with Gasteiger partial charge < -0.3 is 14.0 Å². The van der Waals surface area contributed by atoms with Crippen LogP contribution in [0.5, 0.6) is 0 Å². The van der Waals surface area contributed by atoms with Gasteiger partial charge in [-0.2, -0.15) is 5.26 Å². The number of nitrogens with zero attached hydrogens (tertiary/aromatic N) is 2. The summed E-state index contributed by atoms with van der Waals surface area (Å²) in [5.74, 6) is -0.430. The van der Waals surface area contributed by atoms with Crippen molar-refractivity contribution in [2.24, 2.45) is 0 Å². The first-order chi connectivity index (χ1) is 12.6. The molecule has 142 valence electrons. The first-order valence-electron chi connectivity index (χ1n) is 8.24. The number of sulfone groups is 1. The highest BCUT2D eigenvalue weighted by Crippen LogP contribution is 2.41. The number of aromatic nitrogens is 1. The largest absolute Gasteiger partial charge is 0.717 e. The average Bonchev–Trinajstić information content (AvgIpc) is 3.05. The van der Waals surface area contributed by atoms with E-state index in [1.165, 1.54) is 4.57 Å². The first-order valence-corrected chi connectivity index (χ1v) is 10.3. The van der Waals surface area contributed by atoms with Crippen LogP contribution in [0.1, 0.15) is 20.3 Å². The van der Waals surface area contributed by atoms with Gasteiger partial charge in [0.05, 0.1) is 29.4 Å². The molecule has 1 aliphatic heterocycles. The number of fused-ring (bicyclic) bond motifs is 1. The highest BCUT2D eigenvalue weighted by molar-refractivity contribution is 7.90. The summed E-state index contributed by atoms with van der Waals surface area (Å²) in [5.41, 5.74) is -1.95. The van der Waals surface area contributed by atoms with Gasteiger partial charge in [-0.1, -0.05) is 18.2 Å². The molecule has 2 heterocycles. The highest BCUT2D eigenvalue weighted by Gasteiger charge is 2.61. The Kier molecular flexibility index (Phi) is 4.80. The van der Waals surface area contributed by atoms with Crippen LogP contribution in [0.15, 0.2) is 36.5 Å². The van der Waals surface area contributed by atoms with Gasteiger partial charge in [0, 0.05) is 17.8 Å². The van der Waals surface area contributed by atoms with Crippen molar-refractivity contribution in [1.29, 1.82) is 5.26 Å². The molecule has 8 nitrogen and oxygen atoms in total. The van der Waals surface area contributed by atoms with Gasteiger partial charge in [0.25, 0.3) is 0 Å². The number of nitriles is 1. The van der Waals surface area contributed by atoms with Gasteiger partial charge in [0.15, 0.2) is 0 Å². The topological polar surface area (TPSA) is 108 Å². The lowest BCUT2D eigenvalue weighted by Crippen LogP contribution is -2.52. The van der Waals surface area contributed by atoms with E-state index in [-0.39, 0.29) is 6.42 Å². The maximum atomic E-state index is 12.5. The van der Waals surface area contributed by atoms with E-state index in [4.69, 9.17) is 19.2 Å². The zero-order valence-corrected chi connectivity index (χ0v) is 16.0. The Hall–Kier alpha value is -2.35. The van der Waals surface area contributed by atoms with Crippen LogP contribution in [-0.2, 0) is 23.8 Å². The summed E-state index contributed by atoms with van der Waals surface area (Å²) in [5, 5.41) is 10.0. The predicted octanol–water partition coefficient (Wildman–Crippen LogP) is 2.13. The van der Waals surface area contributed by atoms with Crippen LogP contribution >= 0.6 is 0 Å². The van der Waals surface area contributed by atoms with Crippen molar-refractivity contribution in [2.45, 2.75) is 31.5 Å². The molecule has 10 heteroatoms. The number of hydrogen-bond donors (Lipinski definition) is 0. The van der Waals surface area contributed by atoms with Gasteiger partial charge in [0.2, 0.25) is 0 Å². The number of para-hydroxylation sites is 1. The standard InChI is InChI=1S/C17H19BN2O6S/c1-16(2)17(9-10-19,12-27(3,22)23)26-18(25-16)24-15(21)20-11-8-13-6-4-5-7-14(13)20/h4-8,11H,9,12H2,1-3H3. The van der Waals surface area contributed by atoms with E-state index in [1.54, 1.807) is 38.2 Å². The molecule has 1 aliphatic rings. The Bertz CT molecular complexity index is 1030. The van der Waals surface area contributed by atoms with Gasteiger partial charge in [-0.25, -0.2) is 13.2 Å². The number of carbonyl (C=O) groups excluding carboxylic acids is 1. The second kappa shape index (κ2) is 6.67. The third-order valence-electron chi connectivity index (χ3n) is 4.66. The van der Waals surface area contributed by atoms with E-state index >= 15 is 0 Å². The minimum absolute atomic E-state index is 0.229. The predicted molar refractivity (Wildman–Crippen MR) is 98.5 cm³/mol. The summed E-state index contributed by atoms with van der Waals surface area (Å²) >= 11 is 0. The zero-order chi connectivity index (χ0) is 19.9. The number of benzene rings is 1. The lowest BCUT2D eigenvalue weighted by atomic mass is 9.85. The van der Waals surface area contributed by atoms with Crippen LogP contribution in [0.4, 0.5) is 4.79 Å². The summed E-state index contributed by atoms with van der Waals surface area (Å²) in [7, 11) is -4.91. The molecule has 2 aromatic rings. The Morgan fingerprint density at radius 3 is 2.67 bits per heavy atom. The number of rotatable bonds is 4. The SMILES string of the molecule is CC1(C)OB(OC(=O)n2ccc3ccccc32)OC1(CC#N)CS(C)(=O)=O. The lowest BCUT2D eigenvalue weighted by Gasteiger charge is -2.36. The Morgan fingerprint density at radius 1 is 1.30 bits per heavy atom. The molecule has 0 N–H and O–H groups in total. The molecule has 1 aromatic carbocycles. The molecule has 1 atom stereocenters. The van der Waals surface area contributed by atoms with Crippen LogP contribution in [0.25, 0.3) is 10.9 Å². The van der Waals surface area contributed by atoms with Crippen LogP contribution in [-0.4, -0.2) is 49.6 Å². The molecule has 1 unspecified atom stereocenters. The van der Waals surface area contributed by atoms with Gasteiger partial charge in [-0.15, -0.1) is 0 Å². The molecule has 0 amide bonds. The van der Waals surface area contributed by atoms with Crippen molar-refractivity contribution in [1.82, 2.24) is 4.57 Å². The van der Waals surface area contributed by atoms with Gasteiger partial charge in [0.1, 0.15) is 15.4 Å². The first kappa shape index (κ1) is 19.4. The van der Waals surface area contributed by atoms with Crippen LogP contribution in [0.3, 0.4) is 0 Å². The molecule has 0 radical (unpaired) electrons. The van der Waals surface area contributed by atoms with Crippen molar-refractivity contribution in [2.75, 3.05) is 12.0 Å². The molecule has 1 saturated heterocycles. The molecule has 1 fully saturated rings. The summed E-state index contributed by atoms with van der Waals surface area (Å²) < 4.78 is 41.6. The van der Waals surface area contributed by atoms with E-state index in [2.05, 4.69) is 0 Å². The average molecular weight is 390 g/mol. The molecule has 3 rings (SSSR count). The Balaban J connectivity index is 1.84. The minimum Gasteiger partial charge on any atom is -0.467 e. The van der Waals surface area contributed by atoms with Crippen molar-refractivity contribution in [3.05, 3.63) is 36.5 Å². The monoisotopic (exact) mass is 390 g/mol. The van der Waals surface area contributed by atoms with E-state index in [1.807, 2.05) is 18.2 Å². The highest BCUT2D eigenvalue weighted by atomic mass is 32.2. The van der Waals surface area contributed by atoms with Gasteiger partial charge >= 0.3 is 13.4 Å². The van der Waals surface area contributed by atoms with E-state index < -0.39 is 40.2 Å². The normalized spacial score (nSPS) is 21.9. The summed E-state index contributed by atoms with van der Waals surface area (Å²) in [6.07, 6.45) is 1.65. The Morgan fingerprint density at radius 2 is 2.00 bits per heavy atom. The van der Waals surface area contributed by atoms with Crippen LogP contribution in [0.2, 0.25) is 0 Å². The van der Waals surface area contributed by atoms with E-state index in [9.17, 15) is 13.2 Å². The van der Waals surface area contributed by atoms with Crippen LogP contribution in [0, 0.1) is 11.3 Å². The fourth-order valence-electron chi connectivity index (χ4n) is 3.19.